The average Bonchev–Trinajstić information content (AvgIpc) is 2.79. The average molecular weight is 267 g/mol. The van der Waals surface area contributed by atoms with E-state index >= 15 is 0 Å². The van der Waals surface area contributed by atoms with Crippen molar-refractivity contribution in [1.82, 2.24) is 0 Å². The number of rotatable bonds is 2. The summed E-state index contributed by atoms with van der Waals surface area (Å²) in [5.74, 6) is 0.0951. The van der Waals surface area contributed by atoms with Gasteiger partial charge in [0, 0.05) is 30.4 Å². The monoisotopic (exact) mass is 267 g/mol. The van der Waals surface area contributed by atoms with Crippen molar-refractivity contribution in [1.29, 1.82) is 0 Å². The van der Waals surface area contributed by atoms with Crippen molar-refractivity contribution in [2.75, 3.05) is 17.2 Å². The minimum atomic E-state index is -0.0562. The summed E-state index contributed by atoms with van der Waals surface area (Å²) >= 11 is 0. The number of nitrogens with two attached hydrogens (primary N) is 2. The second-order valence-electron chi connectivity index (χ2n) is 5.14. The fourth-order valence-corrected chi connectivity index (χ4v) is 2.49. The normalized spacial score (nSPS) is 18.6. The van der Waals surface area contributed by atoms with Crippen molar-refractivity contribution in [2.24, 2.45) is 5.73 Å². The smallest absolute Gasteiger partial charge is 0.228 e. The topological polar surface area (TPSA) is 72.3 Å². The molecular formula is C16H17N3O. The van der Waals surface area contributed by atoms with Crippen LogP contribution in [0.1, 0.15) is 6.42 Å². The second-order valence-corrected chi connectivity index (χ2v) is 5.14. The first-order chi connectivity index (χ1) is 9.63. The van der Waals surface area contributed by atoms with Crippen molar-refractivity contribution < 1.29 is 4.79 Å². The fourth-order valence-electron chi connectivity index (χ4n) is 2.49. The molecule has 0 aromatic heterocycles. The second kappa shape index (κ2) is 4.98. The molecule has 4 N–H and O–H groups in total. The van der Waals surface area contributed by atoms with Crippen LogP contribution in [0.2, 0.25) is 0 Å². The van der Waals surface area contributed by atoms with Gasteiger partial charge in [-0.05, 0) is 35.4 Å². The molecule has 0 saturated carbocycles. The zero-order valence-electron chi connectivity index (χ0n) is 11.1. The molecule has 1 aliphatic rings. The van der Waals surface area contributed by atoms with Crippen LogP contribution in [-0.4, -0.2) is 18.5 Å². The molecule has 2 aromatic carbocycles. The van der Waals surface area contributed by atoms with E-state index in [2.05, 4.69) is 0 Å². The van der Waals surface area contributed by atoms with E-state index in [0.29, 0.717) is 13.0 Å². The summed E-state index contributed by atoms with van der Waals surface area (Å²) in [7, 11) is 0. The first-order valence-electron chi connectivity index (χ1n) is 6.65. The maximum Gasteiger partial charge on any atom is 0.228 e. The molecule has 0 spiro atoms. The molecule has 1 aliphatic heterocycles. The molecule has 1 heterocycles. The molecule has 1 fully saturated rings. The Morgan fingerprint density at radius 2 is 1.50 bits per heavy atom. The Morgan fingerprint density at radius 3 is 2.00 bits per heavy atom. The lowest BCUT2D eigenvalue weighted by molar-refractivity contribution is -0.117. The van der Waals surface area contributed by atoms with Gasteiger partial charge in [-0.1, -0.05) is 24.3 Å². The van der Waals surface area contributed by atoms with Gasteiger partial charge >= 0.3 is 0 Å². The molecule has 1 saturated heterocycles. The molecule has 1 atom stereocenters. The van der Waals surface area contributed by atoms with Gasteiger partial charge in [0.2, 0.25) is 5.91 Å². The number of carbonyl (C=O) groups excluding carboxylic acids is 1. The maximum absolute atomic E-state index is 11.8. The van der Waals surface area contributed by atoms with E-state index in [4.69, 9.17) is 11.5 Å². The number of anilines is 2. The van der Waals surface area contributed by atoms with Crippen LogP contribution in [-0.2, 0) is 4.79 Å². The van der Waals surface area contributed by atoms with Crippen LogP contribution in [0.3, 0.4) is 0 Å². The van der Waals surface area contributed by atoms with Crippen molar-refractivity contribution in [3.8, 4) is 11.1 Å². The molecular weight excluding hydrogens is 250 g/mol. The van der Waals surface area contributed by atoms with Crippen LogP contribution >= 0.6 is 0 Å². The van der Waals surface area contributed by atoms with Gasteiger partial charge in [0.25, 0.3) is 0 Å². The molecule has 0 aliphatic carbocycles. The minimum absolute atomic E-state index is 0.0562. The van der Waals surface area contributed by atoms with Gasteiger partial charge in [0.05, 0.1) is 0 Å². The van der Waals surface area contributed by atoms with Crippen LogP contribution < -0.4 is 16.4 Å². The van der Waals surface area contributed by atoms with Gasteiger partial charge in [-0.15, -0.1) is 0 Å². The van der Waals surface area contributed by atoms with Gasteiger partial charge in [-0.3, -0.25) is 4.79 Å². The van der Waals surface area contributed by atoms with Crippen molar-refractivity contribution in [3.63, 3.8) is 0 Å². The highest BCUT2D eigenvalue weighted by molar-refractivity contribution is 5.96. The third kappa shape index (κ3) is 2.38. The molecule has 1 unspecified atom stereocenters. The molecule has 102 valence electrons. The van der Waals surface area contributed by atoms with E-state index in [0.717, 1.165) is 22.5 Å². The number of amides is 1. The van der Waals surface area contributed by atoms with Crippen LogP contribution in [0.4, 0.5) is 11.4 Å². The highest BCUT2D eigenvalue weighted by atomic mass is 16.2. The summed E-state index contributed by atoms with van der Waals surface area (Å²) in [6.07, 6.45) is 0.430. The number of hydrogen-bond donors (Lipinski definition) is 2. The molecule has 20 heavy (non-hydrogen) atoms. The zero-order valence-corrected chi connectivity index (χ0v) is 11.1. The molecule has 4 nitrogen and oxygen atoms in total. The number of nitrogens with zero attached hydrogens (tertiary/aromatic N) is 1. The molecule has 0 bridgehead atoms. The summed E-state index contributed by atoms with van der Waals surface area (Å²) in [5.41, 5.74) is 15.4. The zero-order chi connectivity index (χ0) is 14.1. The van der Waals surface area contributed by atoms with Crippen molar-refractivity contribution in [3.05, 3.63) is 48.5 Å². The Hall–Kier alpha value is -2.33. The summed E-state index contributed by atoms with van der Waals surface area (Å²) in [6.45, 7) is 0.597. The summed E-state index contributed by atoms with van der Waals surface area (Å²) in [4.78, 5) is 13.6. The Morgan fingerprint density at radius 1 is 0.950 bits per heavy atom. The molecule has 1 amide bonds. The summed E-state index contributed by atoms with van der Waals surface area (Å²) in [6, 6.07) is 15.6. The number of nitrogen functional groups attached to an aromatic ring is 1. The molecule has 3 rings (SSSR count). The third-order valence-electron chi connectivity index (χ3n) is 3.58. The lowest BCUT2D eigenvalue weighted by Gasteiger charge is -2.16. The Balaban J connectivity index is 1.84. The van der Waals surface area contributed by atoms with E-state index in [9.17, 15) is 4.79 Å². The fraction of sp³-hybridized carbons (Fsp3) is 0.188. The van der Waals surface area contributed by atoms with E-state index in [1.54, 1.807) is 4.90 Å². The van der Waals surface area contributed by atoms with Crippen LogP contribution in [0.15, 0.2) is 48.5 Å². The lowest BCUT2D eigenvalue weighted by atomic mass is 10.0. The van der Waals surface area contributed by atoms with E-state index < -0.39 is 0 Å². The van der Waals surface area contributed by atoms with E-state index in [1.807, 2.05) is 48.5 Å². The minimum Gasteiger partial charge on any atom is -0.399 e. The van der Waals surface area contributed by atoms with Crippen molar-refractivity contribution >= 4 is 17.3 Å². The van der Waals surface area contributed by atoms with Gasteiger partial charge in [-0.25, -0.2) is 0 Å². The first-order valence-corrected chi connectivity index (χ1v) is 6.65. The van der Waals surface area contributed by atoms with Crippen LogP contribution in [0.25, 0.3) is 11.1 Å². The van der Waals surface area contributed by atoms with E-state index in [-0.39, 0.29) is 11.9 Å². The van der Waals surface area contributed by atoms with Gasteiger partial charge in [-0.2, -0.15) is 0 Å². The maximum atomic E-state index is 11.8. The highest BCUT2D eigenvalue weighted by Gasteiger charge is 2.27. The van der Waals surface area contributed by atoms with Gasteiger partial charge in [0.1, 0.15) is 0 Å². The Labute approximate surface area is 118 Å². The molecule has 0 radical (unpaired) electrons. The number of hydrogen-bond acceptors (Lipinski definition) is 3. The Bertz CT molecular complexity index is 619. The number of benzene rings is 2. The Kier molecular flexibility index (Phi) is 3.16. The summed E-state index contributed by atoms with van der Waals surface area (Å²) < 4.78 is 0. The quantitative estimate of drug-likeness (QED) is 0.817. The van der Waals surface area contributed by atoms with Gasteiger partial charge in [0.15, 0.2) is 0 Å². The number of carbonyl (C=O) groups is 1. The van der Waals surface area contributed by atoms with Crippen LogP contribution in [0.5, 0.6) is 0 Å². The van der Waals surface area contributed by atoms with Gasteiger partial charge < -0.3 is 16.4 Å². The predicted octanol–water partition coefficient (Wildman–Crippen LogP) is 2.00. The molecule has 4 heteroatoms. The first kappa shape index (κ1) is 12.7. The summed E-state index contributed by atoms with van der Waals surface area (Å²) in [5, 5.41) is 0. The van der Waals surface area contributed by atoms with Crippen LogP contribution in [0, 0.1) is 0 Å². The standard InChI is InChI=1S/C16H17N3O/c17-13-5-1-11(2-6-13)12-3-7-15(8-4-12)19-10-14(18)9-16(19)20/h1-8,14H,9-10,17-18H2. The lowest BCUT2D eigenvalue weighted by Crippen LogP contribution is -2.27. The van der Waals surface area contributed by atoms with E-state index in [1.165, 1.54) is 0 Å². The predicted molar refractivity (Wildman–Crippen MR) is 81.2 cm³/mol. The molecule has 2 aromatic rings. The largest absolute Gasteiger partial charge is 0.399 e. The van der Waals surface area contributed by atoms with Crippen molar-refractivity contribution in [2.45, 2.75) is 12.5 Å². The SMILES string of the molecule is Nc1ccc(-c2ccc(N3CC(N)CC3=O)cc2)cc1. The highest BCUT2D eigenvalue weighted by Crippen LogP contribution is 2.26. The third-order valence-corrected chi connectivity index (χ3v) is 3.58.